The largest absolute Gasteiger partial charge is 0.453 e. The van der Waals surface area contributed by atoms with Gasteiger partial charge in [0.15, 0.2) is 0 Å². The van der Waals surface area contributed by atoms with Crippen molar-refractivity contribution in [3.05, 3.63) is 47.8 Å². The van der Waals surface area contributed by atoms with Gasteiger partial charge in [-0.3, -0.25) is 10.1 Å². The van der Waals surface area contributed by atoms with Crippen LogP contribution in [-0.4, -0.2) is 67.4 Å². The Kier molecular flexibility index (Phi) is 9.41. The second kappa shape index (κ2) is 12.8. The Labute approximate surface area is 241 Å². The van der Waals surface area contributed by atoms with Crippen LogP contribution in [0.4, 0.5) is 22.0 Å². The van der Waals surface area contributed by atoms with Gasteiger partial charge in [-0.15, -0.1) is 0 Å². The molecular formula is C28H40N8O4Si. The molecule has 1 aliphatic rings. The van der Waals surface area contributed by atoms with Gasteiger partial charge < -0.3 is 30.0 Å². The fourth-order valence-electron chi connectivity index (χ4n) is 4.35. The average molecular weight is 581 g/mol. The molecule has 2 amide bonds. The van der Waals surface area contributed by atoms with E-state index < -0.39 is 20.2 Å². The first-order valence-corrected chi connectivity index (χ1v) is 17.4. The molecule has 1 aromatic carbocycles. The molecule has 0 unspecified atom stereocenters. The van der Waals surface area contributed by atoms with Gasteiger partial charge in [-0.05, 0) is 24.2 Å². The van der Waals surface area contributed by atoms with Crippen LogP contribution in [0.3, 0.4) is 0 Å². The lowest BCUT2D eigenvalue weighted by Crippen LogP contribution is -2.23. The standard InChI is InChI=1S/C28H40N8O4Si/c1-35(2)25-15-19-13-21(29)27-33-23(16-36(27)17-40-11-12-41(4,5)6)20-8-7-18(31-28(38)39-3)14-22(20)32-26(37)10-9-24(30-19)34-25/h7-8,14-16,21H,9-13,17,29H2,1-6H3,(H,31,38)(H,32,37)/t21-/m0/s1. The van der Waals surface area contributed by atoms with Crippen LogP contribution >= 0.6 is 0 Å². The number of rotatable bonds is 7. The van der Waals surface area contributed by atoms with Crippen LogP contribution in [0.15, 0.2) is 30.5 Å². The van der Waals surface area contributed by atoms with E-state index in [9.17, 15) is 9.59 Å². The minimum absolute atomic E-state index is 0.168. The number of aromatic nitrogens is 4. The van der Waals surface area contributed by atoms with Crippen LogP contribution in [0.25, 0.3) is 11.3 Å². The van der Waals surface area contributed by atoms with Crippen molar-refractivity contribution in [2.45, 2.75) is 57.7 Å². The Hall–Kier alpha value is -3.81. The van der Waals surface area contributed by atoms with Crippen molar-refractivity contribution in [2.75, 3.05) is 43.3 Å². The first-order valence-electron chi connectivity index (χ1n) is 13.7. The summed E-state index contributed by atoms with van der Waals surface area (Å²) >= 11 is 0. The fraction of sp³-hybridized carbons (Fsp3) is 0.464. The van der Waals surface area contributed by atoms with Crippen LogP contribution < -0.4 is 21.3 Å². The number of methoxy groups -OCH3 is 1. The van der Waals surface area contributed by atoms with Gasteiger partial charge in [0, 0.05) is 77.2 Å². The highest BCUT2D eigenvalue weighted by Crippen LogP contribution is 2.32. The molecule has 0 spiro atoms. The molecule has 12 nitrogen and oxygen atoms in total. The molecule has 1 aliphatic heterocycles. The topological polar surface area (TPSA) is 150 Å². The molecule has 0 aliphatic carbocycles. The number of nitrogens with one attached hydrogen (secondary N) is 2. The number of imidazole rings is 1. The summed E-state index contributed by atoms with van der Waals surface area (Å²) in [6, 6.07) is 7.70. The summed E-state index contributed by atoms with van der Waals surface area (Å²) in [7, 11) is 3.85. The van der Waals surface area contributed by atoms with E-state index in [-0.39, 0.29) is 12.3 Å². The molecule has 0 saturated carbocycles. The first kappa shape index (κ1) is 30.2. The summed E-state index contributed by atoms with van der Waals surface area (Å²) in [6.45, 7) is 7.88. The zero-order valence-corrected chi connectivity index (χ0v) is 25.7. The van der Waals surface area contributed by atoms with Crippen LogP contribution in [0.2, 0.25) is 25.7 Å². The molecule has 3 heterocycles. The van der Waals surface area contributed by atoms with Crippen molar-refractivity contribution in [3.63, 3.8) is 0 Å². The molecule has 41 heavy (non-hydrogen) atoms. The summed E-state index contributed by atoms with van der Waals surface area (Å²) in [4.78, 5) is 41.1. The van der Waals surface area contributed by atoms with E-state index >= 15 is 0 Å². The van der Waals surface area contributed by atoms with Gasteiger partial charge in [-0.1, -0.05) is 19.6 Å². The number of carbonyl (C=O) groups is 2. The van der Waals surface area contributed by atoms with Crippen molar-refractivity contribution >= 4 is 37.3 Å². The molecule has 2 aromatic heterocycles. The average Bonchev–Trinajstić information content (AvgIpc) is 3.33. The highest BCUT2D eigenvalue weighted by molar-refractivity contribution is 6.76. The van der Waals surface area contributed by atoms with Crippen molar-refractivity contribution < 1.29 is 19.1 Å². The van der Waals surface area contributed by atoms with Gasteiger partial charge >= 0.3 is 6.09 Å². The second-order valence-corrected chi connectivity index (χ2v) is 17.2. The predicted octanol–water partition coefficient (Wildman–Crippen LogP) is 4.02. The van der Waals surface area contributed by atoms with Gasteiger partial charge in [0.2, 0.25) is 5.91 Å². The maximum Gasteiger partial charge on any atom is 0.411 e. The number of ether oxygens (including phenoxy) is 2. The number of hydrogen-bond acceptors (Lipinski definition) is 9. The number of amides is 2. The molecule has 4 rings (SSSR count). The fourth-order valence-corrected chi connectivity index (χ4v) is 5.11. The third kappa shape index (κ3) is 8.12. The zero-order chi connectivity index (χ0) is 29.7. The lowest BCUT2D eigenvalue weighted by atomic mass is 10.1. The Balaban J connectivity index is 1.77. The molecule has 1 atom stereocenters. The number of aryl methyl sites for hydroxylation is 1. The van der Waals surface area contributed by atoms with Gasteiger partial charge in [0.1, 0.15) is 24.2 Å². The molecule has 0 fully saturated rings. The molecule has 4 bridgehead atoms. The molecular weight excluding hydrogens is 540 g/mol. The van der Waals surface area contributed by atoms with Crippen molar-refractivity contribution in [1.82, 2.24) is 19.5 Å². The van der Waals surface area contributed by atoms with Crippen molar-refractivity contribution in [2.24, 2.45) is 5.73 Å². The summed E-state index contributed by atoms with van der Waals surface area (Å²) in [5, 5.41) is 5.63. The van der Waals surface area contributed by atoms with Crippen molar-refractivity contribution in [1.29, 1.82) is 0 Å². The Morgan fingerprint density at radius 1 is 1.20 bits per heavy atom. The number of hydrogen-bond donors (Lipinski definition) is 3. The number of fused-ring (bicyclic) bond motifs is 6. The molecule has 220 valence electrons. The van der Waals surface area contributed by atoms with Gasteiger partial charge in [0.25, 0.3) is 0 Å². The molecule has 0 radical (unpaired) electrons. The van der Waals surface area contributed by atoms with Gasteiger partial charge in [0.05, 0.1) is 24.5 Å². The van der Waals surface area contributed by atoms with E-state index in [0.29, 0.717) is 60.5 Å². The van der Waals surface area contributed by atoms with Gasteiger partial charge in [-0.2, -0.15) is 0 Å². The maximum atomic E-state index is 13.1. The highest BCUT2D eigenvalue weighted by Gasteiger charge is 2.22. The van der Waals surface area contributed by atoms with E-state index in [1.165, 1.54) is 7.11 Å². The van der Waals surface area contributed by atoms with E-state index in [0.717, 1.165) is 17.6 Å². The normalized spacial score (nSPS) is 15.4. The number of anilines is 3. The van der Waals surface area contributed by atoms with E-state index in [1.54, 1.807) is 18.2 Å². The van der Waals surface area contributed by atoms with E-state index in [4.69, 9.17) is 25.2 Å². The second-order valence-electron chi connectivity index (χ2n) is 11.6. The molecule has 4 N–H and O–H groups in total. The van der Waals surface area contributed by atoms with E-state index in [2.05, 4.69) is 35.3 Å². The lowest BCUT2D eigenvalue weighted by Gasteiger charge is -2.18. The molecule has 3 aromatic rings. The Bertz CT molecular complexity index is 1400. The van der Waals surface area contributed by atoms with Crippen LogP contribution in [0.1, 0.15) is 29.8 Å². The zero-order valence-electron chi connectivity index (χ0n) is 24.7. The van der Waals surface area contributed by atoms with Crippen molar-refractivity contribution in [3.8, 4) is 11.3 Å². The maximum absolute atomic E-state index is 13.1. The van der Waals surface area contributed by atoms with Crippen LogP contribution in [-0.2, 0) is 33.8 Å². The monoisotopic (exact) mass is 580 g/mol. The summed E-state index contributed by atoms with van der Waals surface area (Å²) in [5.41, 5.74) is 9.82. The highest BCUT2D eigenvalue weighted by atomic mass is 28.3. The third-order valence-corrected chi connectivity index (χ3v) is 8.35. The Morgan fingerprint density at radius 2 is 1.98 bits per heavy atom. The molecule has 13 heteroatoms. The predicted molar refractivity (Wildman–Crippen MR) is 162 cm³/mol. The summed E-state index contributed by atoms with van der Waals surface area (Å²) in [6.07, 6.45) is 2.23. The quantitative estimate of drug-likeness (QED) is 0.278. The number of benzene rings is 1. The lowest BCUT2D eigenvalue weighted by molar-refractivity contribution is -0.116. The minimum atomic E-state index is -1.26. The van der Waals surface area contributed by atoms with Gasteiger partial charge in [-0.25, -0.2) is 19.7 Å². The SMILES string of the molecule is COC(=O)Nc1ccc2c(c1)NC(=O)CCc1nc(cc(N(C)C)n1)C[C@H](N)c1nc-2cn1COCC[Si](C)(C)C. The van der Waals surface area contributed by atoms with E-state index in [1.807, 2.05) is 35.8 Å². The van der Waals surface area contributed by atoms with Crippen LogP contribution in [0, 0.1) is 0 Å². The summed E-state index contributed by atoms with van der Waals surface area (Å²) in [5.74, 6) is 1.73. The minimum Gasteiger partial charge on any atom is -0.453 e. The number of carbonyl (C=O) groups excluding carboxylic acids is 2. The first-order chi connectivity index (χ1) is 19.4. The smallest absolute Gasteiger partial charge is 0.411 e. The third-order valence-electron chi connectivity index (χ3n) is 6.64. The van der Waals surface area contributed by atoms with Crippen LogP contribution in [0.5, 0.6) is 0 Å². The number of nitrogens with two attached hydrogens (primary N) is 1. The number of nitrogens with zero attached hydrogens (tertiary/aromatic N) is 5. The summed E-state index contributed by atoms with van der Waals surface area (Å²) < 4.78 is 12.7. The Morgan fingerprint density at radius 3 is 2.68 bits per heavy atom. The molecule has 0 saturated heterocycles.